The first-order valence-electron chi connectivity index (χ1n) is 11.4. The SMILES string of the molecule is CCNC(=NCC(c1ccc(Cl)cc1)N(C)C)N1CCN(CC(=O)N2CCCC2)CC1.I. The van der Waals surface area contributed by atoms with Gasteiger partial charge in [0, 0.05) is 50.8 Å². The molecule has 0 bridgehead atoms. The average Bonchev–Trinajstić information content (AvgIpc) is 3.30. The van der Waals surface area contributed by atoms with Crippen LogP contribution in [0.5, 0.6) is 0 Å². The third-order valence-corrected chi connectivity index (χ3v) is 6.37. The highest BCUT2D eigenvalue weighted by Crippen LogP contribution is 2.21. The van der Waals surface area contributed by atoms with E-state index in [0.717, 1.165) is 69.6 Å². The number of guanidine groups is 1. The number of carbonyl (C=O) groups excluding carboxylic acids is 1. The molecule has 1 atom stereocenters. The van der Waals surface area contributed by atoms with E-state index in [0.29, 0.717) is 13.1 Å². The van der Waals surface area contributed by atoms with Gasteiger partial charge in [-0.25, -0.2) is 0 Å². The number of halogens is 2. The molecular formula is C23H38ClIN6O. The lowest BCUT2D eigenvalue weighted by molar-refractivity contribution is -0.131. The first kappa shape index (κ1) is 27.1. The Bertz CT molecular complexity index is 731. The lowest BCUT2D eigenvalue weighted by Gasteiger charge is -2.37. The maximum atomic E-state index is 12.5. The zero-order valence-electron chi connectivity index (χ0n) is 19.6. The van der Waals surface area contributed by atoms with E-state index < -0.39 is 0 Å². The highest BCUT2D eigenvalue weighted by molar-refractivity contribution is 14.0. The van der Waals surface area contributed by atoms with Crippen LogP contribution in [0.4, 0.5) is 0 Å². The zero-order valence-corrected chi connectivity index (χ0v) is 22.7. The van der Waals surface area contributed by atoms with Gasteiger partial charge in [-0.1, -0.05) is 23.7 Å². The van der Waals surface area contributed by atoms with E-state index in [-0.39, 0.29) is 35.9 Å². The second kappa shape index (κ2) is 13.6. The number of piperazine rings is 1. The van der Waals surface area contributed by atoms with Crippen LogP contribution in [-0.2, 0) is 4.79 Å². The number of likely N-dealkylation sites (tertiary alicyclic amines) is 1. The van der Waals surface area contributed by atoms with Gasteiger partial charge in [0.1, 0.15) is 0 Å². The van der Waals surface area contributed by atoms with E-state index in [1.165, 1.54) is 5.56 Å². The molecule has 3 rings (SSSR count). The molecule has 2 heterocycles. The predicted molar refractivity (Wildman–Crippen MR) is 143 cm³/mol. The van der Waals surface area contributed by atoms with Crippen molar-refractivity contribution in [2.75, 3.05) is 73.0 Å². The second-order valence-corrected chi connectivity index (χ2v) is 9.01. The van der Waals surface area contributed by atoms with Gasteiger partial charge in [0.2, 0.25) is 5.91 Å². The van der Waals surface area contributed by atoms with Gasteiger partial charge in [-0.2, -0.15) is 0 Å². The zero-order chi connectivity index (χ0) is 22.2. The van der Waals surface area contributed by atoms with Gasteiger partial charge in [-0.3, -0.25) is 14.7 Å². The molecule has 7 nitrogen and oxygen atoms in total. The molecule has 0 spiro atoms. The summed E-state index contributed by atoms with van der Waals surface area (Å²) in [5.41, 5.74) is 1.21. The number of rotatable bonds is 7. The van der Waals surface area contributed by atoms with Crippen molar-refractivity contribution in [2.45, 2.75) is 25.8 Å². The number of nitrogens with one attached hydrogen (secondary N) is 1. The molecular weight excluding hydrogens is 539 g/mol. The van der Waals surface area contributed by atoms with Gasteiger partial charge in [0.15, 0.2) is 5.96 Å². The molecule has 1 aromatic carbocycles. The molecule has 1 aromatic rings. The second-order valence-electron chi connectivity index (χ2n) is 8.58. The van der Waals surface area contributed by atoms with Gasteiger partial charge in [0.05, 0.1) is 19.1 Å². The normalized spacial score (nSPS) is 18.6. The number of hydrogen-bond acceptors (Lipinski definition) is 4. The highest BCUT2D eigenvalue weighted by atomic mass is 127. The van der Waals surface area contributed by atoms with E-state index in [2.05, 4.69) is 53.2 Å². The minimum absolute atomic E-state index is 0. The molecule has 32 heavy (non-hydrogen) atoms. The fourth-order valence-corrected chi connectivity index (χ4v) is 4.35. The lowest BCUT2D eigenvalue weighted by atomic mass is 10.1. The number of carbonyl (C=O) groups is 1. The van der Waals surface area contributed by atoms with Crippen molar-refractivity contribution in [1.82, 2.24) is 24.9 Å². The molecule has 1 N–H and O–H groups in total. The summed E-state index contributed by atoms with van der Waals surface area (Å²) in [7, 11) is 4.16. The molecule has 0 aliphatic carbocycles. The van der Waals surface area contributed by atoms with Gasteiger partial charge in [-0.05, 0) is 51.6 Å². The maximum Gasteiger partial charge on any atom is 0.236 e. The molecule has 180 valence electrons. The molecule has 9 heteroatoms. The van der Waals surface area contributed by atoms with Crippen molar-refractivity contribution in [1.29, 1.82) is 0 Å². The van der Waals surface area contributed by atoms with Gasteiger partial charge < -0.3 is 20.0 Å². The van der Waals surface area contributed by atoms with Crippen LogP contribution in [0.1, 0.15) is 31.4 Å². The van der Waals surface area contributed by atoms with Crippen LogP contribution >= 0.6 is 35.6 Å². The first-order valence-corrected chi connectivity index (χ1v) is 11.8. The summed E-state index contributed by atoms with van der Waals surface area (Å²) in [6.45, 7) is 9.54. The summed E-state index contributed by atoms with van der Waals surface area (Å²) in [6.07, 6.45) is 2.29. The standard InChI is InChI=1S/C23H37ClN6O.HI/c1-4-25-23(26-17-21(27(2)3)19-7-9-20(24)10-8-19)30-15-13-28(14-16-30)18-22(31)29-11-5-6-12-29;/h7-10,21H,4-6,11-18H2,1-3H3,(H,25,26);1H. The summed E-state index contributed by atoms with van der Waals surface area (Å²) >= 11 is 6.06. The largest absolute Gasteiger partial charge is 0.357 e. The predicted octanol–water partition coefficient (Wildman–Crippen LogP) is 2.77. The number of nitrogens with zero attached hydrogens (tertiary/aromatic N) is 5. The van der Waals surface area contributed by atoms with Crippen LogP contribution < -0.4 is 5.32 Å². The number of likely N-dealkylation sites (N-methyl/N-ethyl adjacent to an activating group) is 1. The summed E-state index contributed by atoms with van der Waals surface area (Å²) in [4.78, 5) is 26.2. The van der Waals surface area contributed by atoms with Crippen molar-refractivity contribution in [2.24, 2.45) is 4.99 Å². The molecule has 1 unspecified atom stereocenters. The Morgan fingerprint density at radius 3 is 2.25 bits per heavy atom. The number of amides is 1. The summed E-state index contributed by atoms with van der Waals surface area (Å²) in [6, 6.07) is 8.21. The van der Waals surface area contributed by atoms with E-state index >= 15 is 0 Å². The average molecular weight is 577 g/mol. The Kier molecular flexibility index (Phi) is 11.5. The molecule has 0 aromatic heterocycles. The van der Waals surface area contributed by atoms with Gasteiger partial charge >= 0.3 is 0 Å². The fourth-order valence-electron chi connectivity index (χ4n) is 4.23. The van der Waals surface area contributed by atoms with Crippen LogP contribution in [0.15, 0.2) is 29.3 Å². The van der Waals surface area contributed by atoms with E-state index in [1.807, 2.05) is 17.0 Å². The van der Waals surface area contributed by atoms with Crippen molar-refractivity contribution < 1.29 is 4.79 Å². The van der Waals surface area contributed by atoms with Crippen LogP contribution in [0.2, 0.25) is 5.02 Å². The Hall–Kier alpha value is -1.10. The lowest BCUT2D eigenvalue weighted by Crippen LogP contribution is -2.54. The van der Waals surface area contributed by atoms with Crippen LogP contribution in [0.25, 0.3) is 0 Å². The molecule has 2 saturated heterocycles. The van der Waals surface area contributed by atoms with Crippen LogP contribution in [0, 0.1) is 0 Å². The molecule has 0 radical (unpaired) electrons. The van der Waals surface area contributed by atoms with Crippen LogP contribution in [-0.4, -0.2) is 104 Å². The number of hydrogen-bond donors (Lipinski definition) is 1. The summed E-state index contributed by atoms with van der Waals surface area (Å²) < 4.78 is 0. The summed E-state index contributed by atoms with van der Waals surface area (Å²) in [5, 5.41) is 4.20. The summed E-state index contributed by atoms with van der Waals surface area (Å²) in [5.74, 6) is 1.23. The minimum Gasteiger partial charge on any atom is -0.357 e. The third kappa shape index (κ3) is 7.74. The topological polar surface area (TPSA) is 54.4 Å². The Morgan fingerprint density at radius 1 is 1.06 bits per heavy atom. The molecule has 1 amide bonds. The van der Waals surface area contributed by atoms with E-state index in [9.17, 15) is 4.79 Å². The van der Waals surface area contributed by atoms with E-state index in [4.69, 9.17) is 16.6 Å². The van der Waals surface area contributed by atoms with Crippen molar-refractivity contribution in [3.05, 3.63) is 34.9 Å². The molecule has 0 saturated carbocycles. The Labute approximate surface area is 215 Å². The number of benzene rings is 1. The molecule has 2 aliphatic heterocycles. The quantitative estimate of drug-likeness (QED) is 0.307. The fraction of sp³-hybridized carbons (Fsp3) is 0.652. The maximum absolute atomic E-state index is 12.5. The van der Waals surface area contributed by atoms with Crippen LogP contribution in [0.3, 0.4) is 0 Å². The molecule has 2 aliphatic rings. The van der Waals surface area contributed by atoms with Gasteiger partial charge in [-0.15, -0.1) is 24.0 Å². The van der Waals surface area contributed by atoms with Crippen molar-refractivity contribution in [3.63, 3.8) is 0 Å². The monoisotopic (exact) mass is 576 g/mol. The highest BCUT2D eigenvalue weighted by Gasteiger charge is 2.25. The van der Waals surface area contributed by atoms with Crippen molar-refractivity contribution >= 4 is 47.4 Å². The first-order chi connectivity index (χ1) is 15.0. The smallest absolute Gasteiger partial charge is 0.236 e. The Balaban J connectivity index is 0.00000363. The van der Waals surface area contributed by atoms with E-state index in [1.54, 1.807) is 0 Å². The molecule has 2 fully saturated rings. The third-order valence-electron chi connectivity index (χ3n) is 6.12. The van der Waals surface area contributed by atoms with Gasteiger partial charge in [0.25, 0.3) is 0 Å². The number of aliphatic imine (C=N–C) groups is 1. The van der Waals surface area contributed by atoms with Crippen molar-refractivity contribution in [3.8, 4) is 0 Å². The minimum atomic E-state index is 0. The Morgan fingerprint density at radius 2 is 1.69 bits per heavy atom.